The predicted octanol–water partition coefficient (Wildman–Crippen LogP) is 4.99. The highest BCUT2D eigenvalue weighted by atomic mass is 32.2. The predicted molar refractivity (Wildman–Crippen MR) is 126 cm³/mol. The molecule has 0 spiro atoms. The molecule has 32 heavy (non-hydrogen) atoms. The van der Waals surface area contributed by atoms with Crippen LogP contribution in [0.15, 0.2) is 77.5 Å². The van der Waals surface area contributed by atoms with Crippen LogP contribution in [-0.2, 0) is 22.1 Å². The lowest BCUT2D eigenvalue weighted by atomic mass is 10.0. The Morgan fingerprint density at radius 2 is 1.78 bits per heavy atom. The highest BCUT2D eigenvalue weighted by molar-refractivity contribution is 7.84. The highest BCUT2D eigenvalue weighted by Gasteiger charge is 2.25. The SMILES string of the molecule is CC1=C(CC(=O)NCc2ccncc2)c2cc(F)ccc2/C1=C/c1ccc([S@](C)=O)cc1. The molecule has 1 N–H and O–H groups in total. The summed E-state index contributed by atoms with van der Waals surface area (Å²) < 4.78 is 25.7. The van der Waals surface area contributed by atoms with E-state index in [0.717, 1.165) is 43.9 Å². The Bertz CT molecular complexity index is 1250. The third-order valence-electron chi connectivity index (χ3n) is 5.55. The molecule has 1 heterocycles. The van der Waals surface area contributed by atoms with Gasteiger partial charge in [-0.25, -0.2) is 4.39 Å². The first-order valence-electron chi connectivity index (χ1n) is 10.2. The Balaban J connectivity index is 1.62. The smallest absolute Gasteiger partial charge is 0.224 e. The third-order valence-corrected chi connectivity index (χ3v) is 6.49. The molecule has 4 rings (SSSR count). The lowest BCUT2D eigenvalue weighted by Gasteiger charge is -2.08. The van der Waals surface area contributed by atoms with E-state index in [1.165, 1.54) is 12.1 Å². The van der Waals surface area contributed by atoms with Gasteiger partial charge in [0.1, 0.15) is 5.82 Å². The first-order valence-corrected chi connectivity index (χ1v) is 11.8. The van der Waals surface area contributed by atoms with Crippen molar-refractivity contribution in [2.75, 3.05) is 6.26 Å². The van der Waals surface area contributed by atoms with Gasteiger partial charge in [0, 0.05) is 40.9 Å². The molecule has 3 aromatic rings. The number of aromatic nitrogens is 1. The minimum Gasteiger partial charge on any atom is -0.352 e. The number of carbonyl (C=O) groups is 1. The lowest BCUT2D eigenvalue weighted by Crippen LogP contribution is -2.22. The van der Waals surface area contributed by atoms with Crippen molar-refractivity contribution in [3.05, 3.63) is 101 Å². The maximum atomic E-state index is 14.1. The second-order valence-corrected chi connectivity index (χ2v) is 9.06. The number of nitrogens with zero attached hydrogens (tertiary/aromatic N) is 1. The molecular weight excluding hydrogens is 423 g/mol. The summed E-state index contributed by atoms with van der Waals surface area (Å²) in [5.74, 6) is -0.454. The summed E-state index contributed by atoms with van der Waals surface area (Å²) >= 11 is 0. The number of allylic oxidation sites excluding steroid dienone is 2. The van der Waals surface area contributed by atoms with Crippen molar-refractivity contribution >= 4 is 33.9 Å². The van der Waals surface area contributed by atoms with E-state index < -0.39 is 10.8 Å². The molecule has 0 aliphatic heterocycles. The third kappa shape index (κ3) is 4.75. The molecule has 2 aromatic carbocycles. The molecule has 4 nitrogen and oxygen atoms in total. The fraction of sp³-hybridized carbons (Fsp3) is 0.154. The van der Waals surface area contributed by atoms with Crippen molar-refractivity contribution in [3.8, 4) is 0 Å². The molecule has 1 aliphatic carbocycles. The highest BCUT2D eigenvalue weighted by Crippen LogP contribution is 2.43. The van der Waals surface area contributed by atoms with E-state index in [4.69, 9.17) is 0 Å². The number of carbonyl (C=O) groups excluding carboxylic acids is 1. The summed E-state index contributed by atoms with van der Waals surface area (Å²) in [7, 11) is -1.04. The van der Waals surface area contributed by atoms with Crippen LogP contribution in [0.4, 0.5) is 4.39 Å². The van der Waals surface area contributed by atoms with Crippen molar-refractivity contribution in [1.29, 1.82) is 0 Å². The van der Waals surface area contributed by atoms with Crippen LogP contribution < -0.4 is 5.32 Å². The van der Waals surface area contributed by atoms with E-state index in [-0.39, 0.29) is 18.1 Å². The van der Waals surface area contributed by atoms with Crippen molar-refractivity contribution in [2.24, 2.45) is 0 Å². The molecule has 162 valence electrons. The topological polar surface area (TPSA) is 59.1 Å². The van der Waals surface area contributed by atoms with E-state index >= 15 is 0 Å². The van der Waals surface area contributed by atoms with Gasteiger partial charge in [0.15, 0.2) is 0 Å². The molecule has 1 amide bonds. The molecule has 0 unspecified atom stereocenters. The van der Waals surface area contributed by atoms with Gasteiger partial charge in [-0.15, -0.1) is 0 Å². The number of hydrogen-bond donors (Lipinski definition) is 1. The van der Waals surface area contributed by atoms with Gasteiger partial charge in [-0.05, 0) is 88.4 Å². The van der Waals surface area contributed by atoms with Gasteiger partial charge >= 0.3 is 0 Å². The second-order valence-electron chi connectivity index (χ2n) is 7.68. The van der Waals surface area contributed by atoms with Crippen molar-refractivity contribution in [1.82, 2.24) is 10.3 Å². The minimum atomic E-state index is -1.04. The number of halogens is 1. The number of benzene rings is 2. The number of nitrogens with one attached hydrogen (secondary N) is 1. The molecule has 0 fully saturated rings. The van der Waals surface area contributed by atoms with E-state index in [0.29, 0.717) is 6.54 Å². The summed E-state index contributed by atoms with van der Waals surface area (Å²) in [6.07, 6.45) is 7.21. The number of rotatable bonds is 6. The average Bonchev–Trinajstić information content (AvgIpc) is 3.04. The normalized spacial score (nSPS) is 15.0. The minimum absolute atomic E-state index is 0.123. The molecule has 1 aliphatic rings. The monoisotopic (exact) mass is 446 g/mol. The molecule has 0 saturated carbocycles. The zero-order chi connectivity index (χ0) is 22.7. The molecule has 0 bridgehead atoms. The Morgan fingerprint density at radius 1 is 1.06 bits per heavy atom. The van der Waals surface area contributed by atoms with Gasteiger partial charge in [-0.2, -0.15) is 0 Å². The van der Waals surface area contributed by atoms with Crippen LogP contribution in [0, 0.1) is 5.82 Å². The van der Waals surface area contributed by atoms with E-state index in [9.17, 15) is 13.4 Å². The number of fused-ring (bicyclic) bond motifs is 1. The fourth-order valence-electron chi connectivity index (χ4n) is 3.83. The van der Waals surface area contributed by atoms with Crippen LogP contribution in [-0.4, -0.2) is 21.4 Å². The molecule has 6 heteroatoms. The number of pyridine rings is 1. The van der Waals surface area contributed by atoms with Gasteiger partial charge in [0.2, 0.25) is 5.91 Å². The van der Waals surface area contributed by atoms with Gasteiger partial charge in [0.05, 0.1) is 6.42 Å². The Labute approximate surface area is 189 Å². The maximum absolute atomic E-state index is 14.1. The van der Waals surface area contributed by atoms with Crippen molar-refractivity contribution < 1.29 is 13.4 Å². The van der Waals surface area contributed by atoms with Crippen molar-refractivity contribution in [2.45, 2.75) is 24.8 Å². The molecule has 0 radical (unpaired) electrons. The van der Waals surface area contributed by atoms with E-state index in [2.05, 4.69) is 10.3 Å². The van der Waals surface area contributed by atoms with Crippen LogP contribution in [0.5, 0.6) is 0 Å². The summed E-state index contributed by atoms with van der Waals surface area (Å²) in [5, 5.41) is 2.93. The maximum Gasteiger partial charge on any atom is 0.224 e. The van der Waals surface area contributed by atoms with Crippen LogP contribution in [0.1, 0.15) is 35.6 Å². The van der Waals surface area contributed by atoms with Crippen molar-refractivity contribution in [3.63, 3.8) is 0 Å². The number of amides is 1. The first-order chi connectivity index (χ1) is 15.4. The van der Waals surface area contributed by atoms with Crippen LogP contribution in [0.25, 0.3) is 17.2 Å². The van der Waals surface area contributed by atoms with Crippen LogP contribution in [0.2, 0.25) is 0 Å². The summed E-state index contributed by atoms with van der Waals surface area (Å²) in [4.78, 5) is 17.4. The van der Waals surface area contributed by atoms with Gasteiger partial charge in [-0.1, -0.05) is 18.2 Å². The van der Waals surface area contributed by atoms with Gasteiger partial charge in [-0.3, -0.25) is 14.0 Å². The standard InChI is InChI=1S/C26H23FN2O2S/c1-17-23(13-18-3-6-21(7-4-18)32(2)31)22-8-5-20(27)14-25(22)24(17)15-26(30)29-16-19-9-11-28-12-10-19/h3-14H,15-16H2,1-2H3,(H,29,30)/b23-13+/t32-/m0/s1. The number of hydrogen-bond acceptors (Lipinski definition) is 3. The Kier molecular flexibility index (Phi) is 6.42. The summed E-state index contributed by atoms with van der Waals surface area (Å²) in [6, 6.07) is 15.9. The van der Waals surface area contributed by atoms with Gasteiger partial charge < -0.3 is 5.32 Å². The Hall–Kier alpha value is -3.38. The van der Waals surface area contributed by atoms with Crippen LogP contribution in [0.3, 0.4) is 0 Å². The van der Waals surface area contributed by atoms with E-state index in [1.54, 1.807) is 24.7 Å². The molecule has 1 atom stereocenters. The fourth-order valence-corrected chi connectivity index (χ4v) is 4.35. The zero-order valence-corrected chi connectivity index (χ0v) is 18.7. The molecule has 1 aromatic heterocycles. The molecular formula is C26H23FN2O2S. The summed E-state index contributed by atoms with van der Waals surface area (Å²) in [6.45, 7) is 2.38. The molecule has 0 saturated heterocycles. The largest absolute Gasteiger partial charge is 0.352 e. The quantitative estimate of drug-likeness (QED) is 0.580. The van der Waals surface area contributed by atoms with E-state index in [1.807, 2.05) is 49.4 Å². The first kappa shape index (κ1) is 21.8. The zero-order valence-electron chi connectivity index (χ0n) is 17.9. The summed E-state index contributed by atoms with van der Waals surface area (Å²) in [5.41, 5.74) is 6.31. The van der Waals surface area contributed by atoms with Gasteiger partial charge in [0.25, 0.3) is 0 Å². The Morgan fingerprint density at radius 3 is 2.47 bits per heavy atom. The average molecular weight is 447 g/mol. The van der Waals surface area contributed by atoms with Crippen LogP contribution >= 0.6 is 0 Å². The second kappa shape index (κ2) is 9.40. The lowest BCUT2D eigenvalue weighted by molar-refractivity contribution is -0.120.